The maximum Gasteiger partial charge on any atom is 0.244 e. The molecular weight excluding hydrogens is 426 g/mol. The van der Waals surface area contributed by atoms with Gasteiger partial charge in [-0.2, -0.15) is 0 Å². The van der Waals surface area contributed by atoms with E-state index < -0.39 is 14.6 Å². The number of piperidine rings is 1. The van der Waals surface area contributed by atoms with Gasteiger partial charge in [0.05, 0.1) is 17.2 Å². The van der Waals surface area contributed by atoms with Gasteiger partial charge in [-0.3, -0.25) is 4.79 Å². The number of rotatable bonds is 5. The van der Waals surface area contributed by atoms with Crippen LogP contribution in [-0.2, 0) is 21.2 Å². The molecule has 1 saturated heterocycles. The number of sulfone groups is 1. The van der Waals surface area contributed by atoms with Crippen molar-refractivity contribution in [3.05, 3.63) is 52.6 Å². The van der Waals surface area contributed by atoms with Crippen LogP contribution in [0.2, 0.25) is 5.02 Å². The van der Waals surface area contributed by atoms with Crippen LogP contribution in [0.1, 0.15) is 48.7 Å². The number of aliphatic hydroxyl groups is 1. The van der Waals surface area contributed by atoms with Gasteiger partial charge < -0.3 is 10.0 Å². The third kappa shape index (κ3) is 3.61. The molecule has 1 N–H and O–H groups in total. The van der Waals surface area contributed by atoms with Gasteiger partial charge in [0.2, 0.25) is 5.91 Å². The Labute approximate surface area is 181 Å². The van der Waals surface area contributed by atoms with E-state index in [-0.39, 0.29) is 23.3 Å². The minimum atomic E-state index is -3.78. The number of aromatic nitrogens is 2. The maximum absolute atomic E-state index is 13.2. The Balaban J connectivity index is 1.50. The van der Waals surface area contributed by atoms with Crippen molar-refractivity contribution in [2.75, 3.05) is 13.1 Å². The van der Waals surface area contributed by atoms with Crippen LogP contribution in [-0.4, -0.2) is 52.1 Å². The summed E-state index contributed by atoms with van der Waals surface area (Å²) >= 11 is 5.88. The molecule has 1 saturated carbocycles. The van der Waals surface area contributed by atoms with E-state index in [0.29, 0.717) is 55.2 Å². The summed E-state index contributed by atoms with van der Waals surface area (Å²) in [5.74, 6) is 0.449. The first-order valence-corrected chi connectivity index (χ1v) is 11.9. The van der Waals surface area contributed by atoms with Crippen molar-refractivity contribution < 1.29 is 18.3 Å². The Morgan fingerprint density at radius 1 is 1.23 bits per heavy atom. The van der Waals surface area contributed by atoms with Gasteiger partial charge in [0, 0.05) is 35.8 Å². The molecule has 30 heavy (non-hydrogen) atoms. The molecule has 4 rings (SSSR count). The molecule has 2 heterocycles. The predicted octanol–water partition coefficient (Wildman–Crippen LogP) is 2.64. The van der Waals surface area contributed by atoms with Gasteiger partial charge in [0.15, 0.2) is 14.6 Å². The smallest absolute Gasteiger partial charge is 0.244 e. The van der Waals surface area contributed by atoms with E-state index in [1.54, 1.807) is 11.1 Å². The van der Waals surface area contributed by atoms with Crippen LogP contribution >= 0.6 is 11.6 Å². The van der Waals surface area contributed by atoms with Crippen LogP contribution < -0.4 is 0 Å². The molecule has 1 amide bonds. The Bertz CT molecular complexity index is 1060. The molecule has 2 aromatic rings. The third-order valence-corrected chi connectivity index (χ3v) is 8.85. The second-order valence-corrected chi connectivity index (χ2v) is 10.7. The van der Waals surface area contributed by atoms with E-state index in [1.807, 2.05) is 6.92 Å². The first kappa shape index (κ1) is 21.2. The summed E-state index contributed by atoms with van der Waals surface area (Å²) < 4.78 is 25.0. The number of carbonyl (C=O) groups is 1. The van der Waals surface area contributed by atoms with Gasteiger partial charge in [-0.05, 0) is 56.9 Å². The number of carbonyl (C=O) groups excluding carboxylic acids is 1. The molecule has 160 valence electrons. The Morgan fingerprint density at radius 2 is 1.87 bits per heavy atom. The third-order valence-electron chi connectivity index (χ3n) is 6.09. The highest BCUT2D eigenvalue weighted by molar-refractivity contribution is 7.94. The van der Waals surface area contributed by atoms with Gasteiger partial charge in [-0.15, -0.1) is 0 Å². The maximum atomic E-state index is 13.2. The lowest BCUT2D eigenvalue weighted by Gasteiger charge is -2.34. The highest BCUT2D eigenvalue weighted by atomic mass is 35.5. The predicted molar refractivity (Wildman–Crippen MR) is 112 cm³/mol. The number of hydrogen-bond donors (Lipinski definition) is 1. The summed E-state index contributed by atoms with van der Waals surface area (Å²) in [6.45, 7) is 2.61. The van der Waals surface area contributed by atoms with Crippen molar-refractivity contribution in [3.8, 4) is 0 Å². The summed E-state index contributed by atoms with van der Waals surface area (Å²) in [7, 11) is -3.78. The van der Waals surface area contributed by atoms with Crippen molar-refractivity contribution >= 4 is 27.3 Å². The zero-order valence-electron chi connectivity index (χ0n) is 16.7. The Hall–Kier alpha value is -2.03. The molecule has 0 unspecified atom stereocenters. The average Bonchev–Trinajstić information content (AvgIpc) is 3.56. The fourth-order valence-corrected chi connectivity index (χ4v) is 6.25. The zero-order valence-corrected chi connectivity index (χ0v) is 18.3. The van der Waals surface area contributed by atoms with Gasteiger partial charge in [-0.25, -0.2) is 18.4 Å². The zero-order chi connectivity index (χ0) is 21.5. The van der Waals surface area contributed by atoms with E-state index in [9.17, 15) is 18.3 Å². The largest absolute Gasteiger partial charge is 0.392 e. The van der Waals surface area contributed by atoms with Crippen molar-refractivity contribution in [1.82, 2.24) is 14.9 Å². The van der Waals surface area contributed by atoms with Gasteiger partial charge >= 0.3 is 0 Å². The van der Waals surface area contributed by atoms with E-state index in [2.05, 4.69) is 9.97 Å². The standard InChI is InChI=1S/C21H24ClN3O4S/c1-14-23-12-16(13-26)19(24-14)15-6-10-25(11-7-15)20(27)21(8-9-21)30(28,29)18-4-2-17(22)3-5-18/h2-5,12,15,26H,6-11,13H2,1H3. The molecule has 1 aliphatic carbocycles. The number of halogens is 1. The van der Waals surface area contributed by atoms with Crippen LogP contribution in [0.4, 0.5) is 0 Å². The van der Waals surface area contributed by atoms with E-state index in [0.717, 1.165) is 5.69 Å². The first-order valence-electron chi connectivity index (χ1n) is 10.0. The second kappa shape index (κ2) is 7.90. The van der Waals surface area contributed by atoms with E-state index >= 15 is 0 Å². The summed E-state index contributed by atoms with van der Waals surface area (Å²) in [5.41, 5.74) is 1.53. The first-order chi connectivity index (χ1) is 14.3. The van der Waals surface area contributed by atoms with Gasteiger partial charge in [0.25, 0.3) is 0 Å². The number of aryl methyl sites for hydroxylation is 1. The minimum absolute atomic E-state index is 0.112. The molecule has 1 aromatic carbocycles. The topological polar surface area (TPSA) is 100 Å². The summed E-state index contributed by atoms with van der Waals surface area (Å²) in [5, 5.41) is 10.0. The lowest BCUT2D eigenvalue weighted by Crippen LogP contribution is -2.48. The fourth-order valence-electron chi connectivity index (χ4n) is 4.18. The second-order valence-electron chi connectivity index (χ2n) is 8.00. The average molecular weight is 450 g/mol. The van der Waals surface area contributed by atoms with Crippen LogP contribution in [0.15, 0.2) is 35.4 Å². The fraction of sp³-hybridized carbons (Fsp3) is 0.476. The van der Waals surface area contributed by atoms with Gasteiger partial charge in [0.1, 0.15) is 5.82 Å². The summed E-state index contributed by atoms with van der Waals surface area (Å²) in [6.07, 6.45) is 3.68. The molecule has 2 fully saturated rings. The van der Waals surface area contributed by atoms with Crippen LogP contribution in [0, 0.1) is 6.92 Å². The number of nitrogens with zero attached hydrogens (tertiary/aromatic N) is 3. The van der Waals surface area contributed by atoms with Crippen molar-refractivity contribution in [2.24, 2.45) is 0 Å². The molecule has 0 atom stereocenters. The van der Waals surface area contributed by atoms with Crippen molar-refractivity contribution in [1.29, 1.82) is 0 Å². The molecule has 7 nitrogen and oxygen atoms in total. The van der Waals surface area contributed by atoms with Gasteiger partial charge in [-0.1, -0.05) is 11.6 Å². The molecule has 0 radical (unpaired) electrons. The SMILES string of the molecule is Cc1ncc(CO)c(C2CCN(C(=O)C3(S(=O)(=O)c4ccc(Cl)cc4)CC3)CC2)n1. The van der Waals surface area contributed by atoms with Crippen LogP contribution in [0.3, 0.4) is 0 Å². The lowest BCUT2D eigenvalue weighted by atomic mass is 9.90. The van der Waals surface area contributed by atoms with E-state index in [1.165, 1.54) is 24.3 Å². The quantitative estimate of drug-likeness (QED) is 0.753. The molecule has 9 heteroatoms. The molecular formula is C21H24ClN3O4S. The number of likely N-dealkylation sites (tertiary alicyclic amines) is 1. The normalized spacial score (nSPS) is 19.0. The summed E-state index contributed by atoms with van der Waals surface area (Å²) in [6, 6.07) is 5.99. The number of aliphatic hydroxyl groups excluding tert-OH is 1. The number of hydrogen-bond acceptors (Lipinski definition) is 6. The molecule has 0 bridgehead atoms. The van der Waals surface area contributed by atoms with Crippen LogP contribution in [0.5, 0.6) is 0 Å². The molecule has 0 spiro atoms. The Kier molecular flexibility index (Phi) is 5.59. The minimum Gasteiger partial charge on any atom is -0.392 e. The lowest BCUT2D eigenvalue weighted by molar-refractivity contribution is -0.132. The number of amides is 1. The highest BCUT2D eigenvalue weighted by Gasteiger charge is 2.62. The van der Waals surface area contributed by atoms with Crippen LogP contribution in [0.25, 0.3) is 0 Å². The highest BCUT2D eigenvalue weighted by Crippen LogP contribution is 2.49. The molecule has 1 aliphatic heterocycles. The van der Waals surface area contributed by atoms with Crippen molar-refractivity contribution in [2.45, 2.75) is 54.8 Å². The van der Waals surface area contributed by atoms with Crippen molar-refractivity contribution in [3.63, 3.8) is 0 Å². The monoisotopic (exact) mass is 449 g/mol. The number of benzene rings is 1. The molecule has 2 aliphatic rings. The Morgan fingerprint density at radius 3 is 2.43 bits per heavy atom. The van der Waals surface area contributed by atoms with E-state index in [4.69, 9.17) is 11.6 Å². The molecule has 1 aromatic heterocycles. The summed E-state index contributed by atoms with van der Waals surface area (Å²) in [4.78, 5) is 23.7.